The number of hydrogen-bond donors (Lipinski definition) is 6. The highest BCUT2D eigenvalue weighted by atomic mass is 35.5. The summed E-state index contributed by atoms with van der Waals surface area (Å²) in [6.45, 7) is 0.0639. The van der Waals surface area contributed by atoms with Gasteiger partial charge in [0.1, 0.15) is 17.1 Å². The Labute approximate surface area is 175 Å². The minimum Gasteiger partial charge on any atom is -0.388 e. The summed E-state index contributed by atoms with van der Waals surface area (Å²) in [5.74, 6) is -1.39. The number of aliphatic hydroxyl groups is 1. The fourth-order valence-electron chi connectivity index (χ4n) is 2.46. The quantitative estimate of drug-likeness (QED) is 0.178. The lowest BCUT2D eigenvalue weighted by atomic mass is 10.0. The zero-order chi connectivity index (χ0) is 24.0. The van der Waals surface area contributed by atoms with Crippen LogP contribution in [0, 0.1) is 5.82 Å². The molecule has 1 saturated heterocycles. The van der Waals surface area contributed by atoms with Gasteiger partial charge in [0.15, 0.2) is 6.23 Å². The number of ether oxygens (including phenoxy) is 1. The van der Waals surface area contributed by atoms with Crippen LogP contribution < -0.4 is 11.2 Å². The fourth-order valence-corrected chi connectivity index (χ4v) is 5.78. The molecule has 1 aliphatic rings. The van der Waals surface area contributed by atoms with Crippen LogP contribution in [0.1, 0.15) is 13.2 Å². The van der Waals surface area contributed by atoms with E-state index in [1.54, 1.807) is 4.98 Å². The Bertz CT molecular complexity index is 1100. The monoisotopic (exact) mass is 534 g/mol. The number of alkyl halides is 1. The summed E-state index contributed by atoms with van der Waals surface area (Å²) in [6.07, 6.45) is -4.55. The van der Waals surface area contributed by atoms with Gasteiger partial charge in [-0.15, -0.1) is 11.6 Å². The first-order valence-electron chi connectivity index (χ1n) is 7.66. The van der Waals surface area contributed by atoms with E-state index in [0.29, 0.717) is 10.8 Å². The number of halogens is 2. The van der Waals surface area contributed by atoms with Crippen molar-refractivity contribution in [3.8, 4) is 0 Å². The third-order valence-corrected chi connectivity index (χ3v) is 7.92. The molecule has 2 rings (SSSR count). The van der Waals surface area contributed by atoms with Crippen molar-refractivity contribution in [2.24, 2.45) is 0 Å². The van der Waals surface area contributed by atoms with Crippen LogP contribution in [-0.2, 0) is 31.6 Å². The Morgan fingerprint density at radius 2 is 1.81 bits per heavy atom. The Morgan fingerprint density at radius 1 is 1.23 bits per heavy atom. The summed E-state index contributed by atoms with van der Waals surface area (Å²) in [5, 5.41) is 10.3. The van der Waals surface area contributed by atoms with Crippen LogP contribution in [0.3, 0.4) is 0 Å². The maximum atomic E-state index is 13.5. The van der Waals surface area contributed by atoms with Crippen LogP contribution >= 0.6 is 35.1 Å². The number of hydrogen-bond acceptors (Lipinski definition) is 10. The molecule has 6 atom stereocenters. The lowest BCUT2D eigenvalue weighted by Gasteiger charge is -2.26. The summed E-state index contributed by atoms with van der Waals surface area (Å²) in [5.41, 5.74) is -2.50. The highest BCUT2D eigenvalue weighted by Gasteiger charge is 2.54. The van der Waals surface area contributed by atoms with Crippen molar-refractivity contribution < 1.29 is 60.6 Å². The van der Waals surface area contributed by atoms with Crippen molar-refractivity contribution in [3.05, 3.63) is 32.9 Å². The van der Waals surface area contributed by atoms with Gasteiger partial charge in [0.25, 0.3) is 5.56 Å². The molecule has 2 unspecified atom stereocenters. The number of aromatic nitrogens is 2. The Kier molecular flexibility index (Phi) is 7.58. The first-order valence-corrected chi connectivity index (χ1v) is 12.6. The topological polar surface area (TPSA) is 244 Å². The maximum absolute atomic E-state index is 13.5. The van der Waals surface area contributed by atoms with Crippen LogP contribution in [0.5, 0.6) is 0 Å². The molecule has 21 heteroatoms. The number of phosphoric acid groups is 3. The predicted octanol–water partition coefficient (Wildman–Crippen LogP) is -0.725. The zero-order valence-corrected chi connectivity index (χ0v) is 18.4. The van der Waals surface area contributed by atoms with Gasteiger partial charge >= 0.3 is 29.2 Å². The van der Waals surface area contributed by atoms with E-state index in [2.05, 4.69) is 13.1 Å². The molecular weight excluding hydrogens is 519 g/mol. The number of nitrogens with one attached hydrogen (secondary N) is 1. The summed E-state index contributed by atoms with van der Waals surface area (Å²) in [6, 6.07) is 0. The van der Waals surface area contributed by atoms with Gasteiger partial charge in [-0.3, -0.25) is 18.9 Å². The number of phosphoric ester groups is 1. The van der Waals surface area contributed by atoms with Crippen molar-refractivity contribution in [3.63, 3.8) is 0 Å². The fraction of sp³-hybridized carbons (Fsp3) is 0.600. The molecule has 0 aromatic carbocycles. The number of aliphatic hydroxyl groups excluding tert-OH is 1. The lowest BCUT2D eigenvalue weighted by Crippen LogP contribution is -2.43. The minimum atomic E-state index is -5.77. The van der Waals surface area contributed by atoms with E-state index in [4.69, 9.17) is 31.0 Å². The van der Waals surface area contributed by atoms with E-state index >= 15 is 0 Å². The Hall–Kier alpha value is -0.770. The van der Waals surface area contributed by atoms with E-state index in [9.17, 15) is 37.7 Å². The normalized spacial score (nSPS) is 30.6. The first kappa shape index (κ1) is 26.5. The molecule has 178 valence electrons. The zero-order valence-electron chi connectivity index (χ0n) is 15.0. The van der Waals surface area contributed by atoms with Crippen molar-refractivity contribution in [1.82, 2.24) is 9.55 Å². The van der Waals surface area contributed by atoms with Crippen LogP contribution in [-0.4, -0.2) is 57.9 Å². The van der Waals surface area contributed by atoms with Crippen LogP contribution in [0.4, 0.5) is 4.39 Å². The summed E-state index contributed by atoms with van der Waals surface area (Å²) >= 11 is 6.15. The molecule has 1 aromatic heterocycles. The Morgan fingerprint density at radius 3 is 2.35 bits per heavy atom. The van der Waals surface area contributed by atoms with E-state index in [1.165, 1.54) is 0 Å². The molecule has 31 heavy (non-hydrogen) atoms. The lowest BCUT2D eigenvalue weighted by molar-refractivity contribution is -0.0464. The van der Waals surface area contributed by atoms with Crippen LogP contribution in [0.2, 0.25) is 0 Å². The largest absolute Gasteiger partial charge is 0.490 e. The third-order valence-electron chi connectivity index (χ3n) is 3.71. The molecule has 16 nitrogen and oxygen atoms in total. The smallest absolute Gasteiger partial charge is 0.388 e. The second-order valence-electron chi connectivity index (χ2n) is 6.15. The van der Waals surface area contributed by atoms with Gasteiger partial charge in [0.05, 0.1) is 12.8 Å². The van der Waals surface area contributed by atoms with Crippen molar-refractivity contribution >= 4 is 35.1 Å². The average molecular weight is 535 g/mol. The van der Waals surface area contributed by atoms with Crippen LogP contribution in [0.15, 0.2) is 15.8 Å². The SMILES string of the molecule is C[C@@]1(Cl)[C@H](O)[C@@H](COP(=O)(O)OP(=O)(O)OP(=O)(O)O)O[C@H]1n1cc(F)c(=O)[nH]c1=O. The van der Waals surface area contributed by atoms with Crippen molar-refractivity contribution in [1.29, 1.82) is 0 Å². The molecule has 0 amide bonds. The third kappa shape index (κ3) is 6.62. The van der Waals surface area contributed by atoms with Crippen LogP contribution in [0.25, 0.3) is 0 Å². The van der Waals surface area contributed by atoms with E-state index in [-0.39, 0.29) is 0 Å². The van der Waals surface area contributed by atoms with Crippen molar-refractivity contribution in [2.45, 2.75) is 30.2 Å². The molecule has 6 N–H and O–H groups in total. The maximum Gasteiger partial charge on any atom is 0.490 e. The summed E-state index contributed by atoms with van der Waals surface area (Å²) < 4.78 is 64.3. The first-order chi connectivity index (χ1) is 13.8. The number of aromatic amines is 1. The van der Waals surface area contributed by atoms with Gasteiger partial charge < -0.3 is 29.4 Å². The van der Waals surface area contributed by atoms with E-state index < -0.39 is 70.5 Å². The molecule has 0 radical (unpaired) electrons. The molecule has 0 bridgehead atoms. The van der Waals surface area contributed by atoms with Gasteiger partial charge in [0, 0.05) is 0 Å². The predicted molar refractivity (Wildman–Crippen MR) is 95.3 cm³/mol. The van der Waals surface area contributed by atoms with Gasteiger partial charge in [-0.25, -0.2) is 18.5 Å². The highest BCUT2D eigenvalue weighted by molar-refractivity contribution is 7.66. The molecule has 0 spiro atoms. The Balaban J connectivity index is 2.17. The standard InChI is InChI=1S/C10H15ClFN2O14P3/c1-10(11)6(15)5(26-8(10)14-2-4(12)7(16)13-9(14)17)3-25-30(21,22)28-31(23,24)27-29(18,19)20/h2,5-6,8,15H,3H2,1H3,(H,21,22)(H,23,24)(H,13,16,17)(H2,18,19,20)/t5-,6-,8-,10-/m1/s1. The number of H-pyrrole nitrogens is 1. The van der Waals surface area contributed by atoms with E-state index in [1.807, 2.05) is 0 Å². The summed E-state index contributed by atoms with van der Waals surface area (Å²) in [4.78, 5) is 58.3. The number of rotatable bonds is 8. The molecule has 1 fully saturated rings. The molecule has 0 aliphatic carbocycles. The molecule has 1 aromatic rings. The van der Waals surface area contributed by atoms with E-state index in [0.717, 1.165) is 6.92 Å². The molecular formula is C10H15ClFN2O14P3. The van der Waals surface area contributed by atoms with Crippen molar-refractivity contribution in [2.75, 3.05) is 6.61 Å². The van der Waals surface area contributed by atoms with Gasteiger partial charge in [0.2, 0.25) is 5.82 Å². The van der Waals surface area contributed by atoms with Gasteiger partial charge in [-0.2, -0.15) is 13.0 Å². The second-order valence-corrected chi connectivity index (χ2v) is 11.4. The molecule has 1 aliphatic heterocycles. The summed E-state index contributed by atoms with van der Waals surface area (Å²) in [7, 11) is -16.9. The minimum absolute atomic E-state index is 0.448. The second kappa shape index (κ2) is 8.88. The number of nitrogens with zero attached hydrogens (tertiary/aromatic N) is 1. The average Bonchev–Trinajstić information content (AvgIpc) is 2.76. The van der Waals surface area contributed by atoms with Gasteiger partial charge in [-0.1, -0.05) is 0 Å². The highest BCUT2D eigenvalue weighted by Crippen LogP contribution is 2.66. The van der Waals surface area contributed by atoms with Gasteiger partial charge in [-0.05, 0) is 6.92 Å². The molecule has 0 saturated carbocycles. The molecule has 2 heterocycles.